The molecule has 0 saturated carbocycles. The molecule has 89 heavy (non-hydrogen) atoms. The van der Waals surface area contributed by atoms with Crippen LogP contribution in [-0.2, 0) is 78.4 Å². The van der Waals surface area contributed by atoms with Crippen molar-refractivity contribution in [2.45, 2.75) is 150 Å². The zero-order valence-electron chi connectivity index (χ0n) is 48.7. The van der Waals surface area contributed by atoms with Crippen molar-refractivity contribution in [1.29, 1.82) is 0 Å². The average molecular weight is 1230 g/mol. The number of fused-ring (bicyclic) bond motifs is 2. The Bertz CT molecular complexity index is 3510. The number of aliphatic hydroxyl groups is 1. The number of carbonyl (C=O) groups is 11. The molecular weight excluding hydrogens is 1160 g/mol. The lowest BCUT2D eigenvalue weighted by atomic mass is 9.94. The largest absolute Gasteiger partial charge is 0.481 e. The normalized spacial score (nSPS) is 18.7. The fourth-order valence-electron chi connectivity index (χ4n) is 11.1. The molecule has 30 nitrogen and oxygen atoms in total. The van der Waals surface area contributed by atoms with E-state index in [1.165, 1.54) is 25.0 Å². The number of imidazole rings is 2. The van der Waals surface area contributed by atoms with Gasteiger partial charge in [0.1, 0.15) is 47.8 Å². The Labute approximate surface area is 508 Å². The number of aromatic amines is 4. The maximum Gasteiger partial charge on any atom is 0.323 e. The number of aromatic nitrogens is 6. The van der Waals surface area contributed by atoms with Gasteiger partial charge in [0.05, 0.1) is 37.8 Å². The predicted molar refractivity (Wildman–Crippen MR) is 317 cm³/mol. The first-order valence-electron chi connectivity index (χ1n) is 29.3. The van der Waals surface area contributed by atoms with Crippen LogP contribution in [0.25, 0.3) is 21.8 Å². The van der Waals surface area contributed by atoms with Crippen molar-refractivity contribution < 1.29 is 68.1 Å². The summed E-state index contributed by atoms with van der Waals surface area (Å²) in [6, 6.07) is 1.28. The molecule has 2 saturated heterocycles. The summed E-state index contributed by atoms with van der Waals surface area (Å²) < 4.78 is 0. The van der Waals surface area contributed by atoms with Crippen LogP contribution in [0.1, 0.15) is 87.2 Å². The van der Waals surface area contributed by atoms with Gasteiger partial charge in [0.25, 0.3) is 0 Å². The molecule has 8 rings (SSSR count). The smallest absolute Gasteiger partial charge is 0.323 e. The number of carboxylic acid groups (broad SMARTS) is 2. The first-order valence-corrected chi connectivity index (χ1v) is 29.3. The monoisotopic (exact) mass is 1230 g/mol. The van der Waals surface area contributed by atoms with Gasteiger partial charge in [-0.15, -0.1) is 0 Å². The molecule has 2 aliphatic rings. The molecule has 2 aliphatic heterocycles. The molecule has 2 fully saturated rings. The molecular formula is C59H74N16O14. The highest BCUT2D eigenvalue weighted by Gasteiger charge is 2.47. The van der Waals surface area contributed by atoms with E-state index in [-0.39, 0.29) is 82.4 Å². The highest BCUT2D eigenvalue weighted by atomic mass is 16.4. The van der Waals surface area contributed by atoms with Crippen molar-refractivity contribution in [3.63, 3.8) is 0 Å². The molecule has 2 aromatic carbocycles. The predicted octanol–water partition coefficient (Wildman–Crippen LogP) is -1.81. The zero-order chi connectivity index (χ0) is 63.8. The number of H-pyrrole nitrogens is 4. The van der Waals surface area contributed by atoms with Gasteiger partial charge in [0.15, 0.2) is 5.78 Å². The maximum atomic E-state index is 14.7. The van der Waals surface area contributed by atoms with Crippen molar-refractivity contribution in [3.05, 3.63) is 108 Å². The number of para-hydroxylation sites is 2. The summed E-state index contributed by atoms with van der Waals surface area (Å²) in [6.07, 6.45) is 8.38. The van der Waals surface area contributed by atoms with Crippen LogP contribution < -0.4 is 53.6 Å². The van der Waals surface area contributed by atoms with E-state index in [1.807, 2.05) is 0 Å². The molecule has 6 heterocycles. The van der Waals surface area contributed by atoms with E-state index in [1.54, 1.807) is 67.8 Å². The second-order valence-corrected chi connectivity index (χ2v) is 22.2. The number of ketones is 1. The Morgan fingerprint density at radius 1 is 0.607 bits per heavy atom. The van der Waals surface area contributed by atoms with Gasteiger partial charge in [-0.25, -0.2) is 9.97 Å². The molecule has 4 aromatic heterocycles. The van der Waals surface area contributed by atoms with E-state index >= 15 is 0 Å². The van der Waals surface area contributed by atoms with Crippen molar-refractivity contribution in [3.8, 4) is 0 Å². The lowest BCUT2D eigenvalue weighted by Crippen LogP contribution is -2.61. The maximum absolute atomic E-state index is 14.7. The Balaban J connectivity index is 1.01. The second kappa shape index (κ2) is 30.2. The number of nitrogens with one attached hydrogen (secondary N) is 13. The lowest BCUT2D eigenvalue weighted by molar-refractivity contribution is -0.145. The molecule has 0 radical (unpaired) electrons. The first kappa shape index (κ1) is 65.2. The summed E-state index contributed by atoms with van der Waals surface area (Å²) in [5.74, 6) is -10.3. The SMILES string of the molecule is CC[C@@]1(C(=O)O)CCC(C(=O)[C@H](CCCCN)NC(=O)[C@H](Cc2c[nH]c3ccccc23)NC(=O)[C@H](CC(=O)O)NC(=O)[C@H](Cc2cnc[nH]2)NC(=O)[C@H](CO)NC(=O)[C@H](Cc2c[nH]c3ccccc23)NC(=O)[C@H](Cc2cnc[nH]2)NC(=O)[C@@H]2CCC(=O)N2)N1. The summed E-state index contributed by atoms with van der Waals surface area (Å²) in [4.78, 5) is 171. The lowest BCUT2D eigenvalue weighted by Gasteiger charge is -2.28. The summed E-state index contributed by atoms with van der Waals surface area (Å²) in [6.45, 7) is 0.883. The molecule has 0 aliphatic carbocycles. The van der Waals surface area contributed by atoms with E-state index < -0.39 is 132 Å². The first-order chi connectivity index (χ1) is 42.8. The van der Waals surface area contributed by atoms with E-state index in [9.17, 15) is 68.1 Å². The van der Waals surface area contributed by atoms with Crippen LogP contribution in [0.4, 0.5) is 0 Å². The minimum atomic E-state index is -1.94. The standard InChI is InChI=1S/C59H74N16O14/c1-2-59(58(88)89)17-16-40(75-59)50(80)39(13-7-8-18-60)68-52(82)42(19-31-24-63-37-11-5-3-9-35(31)37)70-56(86)46(23-49(78)79)73-55(85)45(22-34-27-62-30-66-34)72-57(87)47(28-76)74-53(83)43(20-32-25-64-38-12-6-4-10-36(32)38)69-54(84)44(21-33-26-61-29-65-33)71-51(81)41-14-15-48(77)67-41/h3-6,9-12,24-27,29-30,39-47,63-64,75-76H,2,7-8,13-23,28,60H2,1H3,(H,61,65)(H,62,66)(H,67,77)(H,68,82)(H,69,84)(H,70,86)(H,71,81)(H,72,87)(H,73,85)(H,74,83)(H,78,79)(H,88,89)/t39-,40?,41-,42-,43-,44-,45-,46-,47-,59-/m0/s1. The van der Waals surface area contributed by atoms with Gasteiger partial charge in [-0.05, 0) is 74.8 Å². The second-order valence-electron chi connectivity index (χ2n) is 22.2. The molecule has 6 aromatic rings. The van der Waals surface area contributed by atoms with Crippen molar-refractivity contribution in [2.75, 3.05) is 13.2 Å². The van der Waals surface area contributed by atoms with Crippen LogP contribution in [0.5, 0.6) is 0 Å². The minimum absolute atomic E-state index is 0.0955. The van der Waals surface area contributed by atoms with Crippen molar-refractivity contribution >= 4 is 86.8 Å². The highest BCUT2D eigenvalue weighted by molar-refractivity contribution is 6.01. The molecule has 8 amide bonds. The molecule has 0 spiro atoms. The quantitative estimate of drug-likeness (QED) is 0.0202. The number of aliphatic hydroxyl groups excluding tert-OH is 1. The van der Waals surface area contributed by atoms with E-state index in [2.05, 4.69) is 77.8 Å². The molecule has 474 valence electrons. The number of Topliss-reactive ketones (excluding diaryl/α,β-unsaturated/α-hetero) is 1. The van der Waals surface area contributed by atoms with Gasteiger partial charge in [-0.2, -0.15) is 0 Å². The van der Waals surface area contributed by atoms with E-state index in [0.717, 1.165) is 0 Å². The fraction of sp³-hybridized carbons (Fsp3) is 0.441. The van der Waals surface area contributed by atoms with Crippen LogP contribution >= 0.6 is 0 Å². The molecule has 30 heteroatoms. The Hall–Kier alpha value is -9.81. The number of carbonyl (C=O) groups excluding carboxylic acids is 9. The fourth-order valence-corrected chi connectivity index (χ4v) is 11.1. The third kappa shape index (κ3) is 16.8. The van der Waals surface area contributed by atoms with Crippen LogP contribution in [0.2, 0.25) is 0 Å². The molecule has 18 N–H and O–H groups in total. The molecule has 1 unspecified atom stereocenters. The number of nitrogens with two attached hydrogens (primary N) is 1. The van der Waals surface area contributed by atoms with Crippen LogP contribution in [0, 0.1) is 0 Å². The number of unbranched alkanes of at least 4 members (excludes halogenated alkanes) is 1. The number of nitrogens with zero attached hydrogens (tertiary/aromatic N) is 2. The molecule has 0 bridgehead atoms. The number of rotatable bonds is 33. The van der Waals surface area contributed by atoms with Gasteiger partial charge < -0.3 is 83.5 Å². The number of hydrogen-bond donors (Lipinski definition) is 17. The van der Waals surface area contributed by atoms with Gasteiger partial charge in [0.2, 0.25) is 47.3 Å². The van der Waals surface area contributed by atoms with Crippen LogP contribution in [-0.4, -0.2) is 183 Å². The van der Waals surface area contributed by atoms with Crippen LogP contribution in [0.15, 0.2) is 86.0 Å². The number of carboxylic acids is 2. The summed E-state index contributed by atoms with van der Waals surface area (Å²) in [7, 11) is 0. The van der Waals surface area contributed by atoms with Gasteiger partial charge in [-0.3, -0.25) is 58.1 Å². The van der Waals surface area contributed by atoms with Gasteiger partial charge in [-0.1, -0.05) is 43.3 Å². The van der Waals surface area contributed by atoms with Gasteiger partial charge in [0, 0.05) is 90.1 Å². The van der Waals surface area contributed by atoms with Gasteiger partial charge >= 0.3 is 11.9 Å². The van der Waals surface area contributed by atoms with Crippen molar-refractivity contribution in [1.82, 2.24) is 77.8 Å². The Kier molecular flexibility index (Phi) is 22.1. The minimum Gasteiger partial charge on any atom is -0.481 e. The van der Waals surface area contributed by atoms with Crippen molar-refractivity contribution in [2.24, 2.45) is 5.73 Å². The zero-order valence-corrected chi connectivity index (χ0v) is 48.7. The Morgan fingerprint density at radius 2 is 1.09 bits per heavy atom. The number of amides is 8. The van der Waals surface area contributed by atoms with E-state index in [0.29, 0.717) is 51.5 Å². The third-order valence-corrected chi connectivity index (χ3v) is 16.1. The topological polar surface area (TPSA) is 472 Å². The Morgan fingerprint density at radius 3 is 1.55 bits per heavy atom. The third-order valence-electron chi connectivity index (χ3n) is 16.1. The number of benzene rings is 2. The number of aliphatic carboxylic acids is 2. The summed E-state index contributed by atoms with van der Waals surface area (Å²) >= 11 is 0. The molecule has 10 atom stereocenters. The van der Waals surface area contributed by atoms with Crippen LogP contribution in [0.3, 0.4) is 0 Å². The average Bonchev–Trinajstić information content (AvgIpc) is 2.33. The number of hydrogen-bond acceptors (Lipinski definition) is 16. The van der Waals surface area contributed by atoms with E-state index in [4.69, 9.17) is 5.73 Å². The summed E-state index contributed by atoms with van der Waals surface area (Å²) in [5.41, 5.74) is 7.56. The summed E-state index contributed by atoms with van der Waals surface area (Å²) in [5, 5.41) is 55.8. The highest BCUT2D eigenvalue weighted by Crippen LogP contribution is 2.29.